The van der Waals surface area contributed by atoms with Crippen LogP contribution < -0.4 is 0 Å². The van der Waals surface area contributed by atoms with Crippen molar-refractivity contribution in [3.05, 3.63) is 23.8 Å². The Morgan fingerprint density at radius 1 is 1.29 bits per heavy atom. The van der Waals surface area contributed by atoms with Crippen LogP contribution in [0.15, 0.2) is 23.8 Å². The van der Waals surface area contributed by atoms with Crippen LogP contribution in [0.4, 0.5) is 0 Å². The van der Waals surface area contributed by atoms with E-state index in [4.69, 9.17) is 0 Å². The first-order valence-electron chi connectivity index (χ1n) is 5.64. The van der Waals surface area contributed by atoms with Crippen LogP contribution in [0.3, 0.4) is 0 Å². The van der Waals surface area contributed by atoms with Gasteiger partial charge in [-0.25, -0.2) is 0 Å². The highest BCUT2D eigenvalue weighted by Gasteiger charge is 2.05. The lowest BCUT2D eigenvalue weighted by Crippen LogP contribution is -2.29. The van der Waals surface area contributed by atoms with Gasteiger partial charge in [0.1, 0.15) is 0 Å². The SMILES string of the molecule is C/C=C\C(=C/C)CN(CC)CC(C)C. The third-order valence-corrected chi connectivity index (χ3v) is 2.23. The van der Waals surface area contributed by atoms with E-state index < -0.39 is 0 Å². The summed E-state index contributed by atoms with van der Waals surface area (Å²) in [6, 6.07) is 0. The standard InChI is InChI=1S/C13H25N/c1-6-9-13(7-2)11-14(8-3)10-12(4)5/h6-7,9,12H,8,10-11H2,1-5H3/b9-6-,13-7+. The van der Waals surface area contributed by atoms with Crippen LogP contribution in [0.5, 0.6) is 0 Å². The van der Waals surface area contributed by atoms with Crippen LogP contribution in [0, 0.1) is 5.92 Å². The van der Waals surface area contributed by atoms with Crippen molar-refractivity contribution >= 4 is 0 Å². The Morgan fingerprint density at radius 3 is 2.29 bits per heavy atom. The van der Waals surface area contributed by atoms with Gasteiger partial charge in [-0.2, -0.15) is 0 Å². The molecule has 14 heavy (non-hydrogen) atoms. The number of rotatable bonds is 6. The van der Waals surface area contributed by atoms with Crippen molar-refractivity contribution in [1.82, 2.24) is 4.90 Å². The number of hydrogen-bond donors (Lipinski definition) is 0. The monoisotopic (exact) mass is 195 g/mol. The fourth-order valence-corrected chi connectivity index (χ4v) is 1.53. The maximum absolute atomic E-state index is 2.49. The zero-order chi connectivity index (χ0) is 11.0. The van der Waals surface area contributed by atoms with Gasteiger partial charge in [0.25, 0.3) is 0 Å². The summed E-state index contributed by atoms with van der Waals surface area (Å²) in [6.45, 7) is 14.3. The minimum atomic E-state index is 0.749. The molecule has 1 nitrogen and oxygen atoms in total. The molecule has 0 N–H and O–H groups in total. The van der Waals surface area contributed by atoms with E-state index in [1.54, 1.807) is 0 Å². The molecule has 0 spiro atoms. The van der Waals surface area contributed by atoms with Crippen LogP contribution in [-0.4, -0.2) is 24.5 Å². The molecule has 82 valence electrons. The summed E-state index contributed by atoms with van der Waals surface area (Å²) in [5, 5.41) is 0. The summed E-state index contributed by atoms with van der Waals surface area (Å²) < 4.78 is 0. The normalized spacial score (nSPS) is 13.5. The van der Waals surface area contributed by atoms with Crippen LogP contribution >= 0.6 is 0 Å². The molecule has 0 saturated carbocycles. The van der Waals surface area contributed by atoms with Crippen molar-refractivity contribution in [3.8, 4) is 0 Å². The van der Waals surface area contributed by atoms with Crippen molar-refractivity contribution in [2.24, 2.45) is 5.92 Å². The van der Waals surface area contributed by atoms with E-state index in [0.717, 1.165) is 19.0 Å². The smallest absolute Gasteiger partial charge is 0.0230 e. The van der Waals surface area contributed by atoms with Gasteiger partial charge in [0.2, 0.25) is 0 Å². The van der Waals surface area contributed by atoms with Gasteiger partial charge < -0.3 is 0 Å². The highest BCUT2D eigenvalue weighted by molar-refractivity contribution is 5.18. The van der Waals surface area contributed by atoms with Gasteiger partial charge in [0.05, 0.1) is 0 Å². The first kappa shape index (κ1) is 13.4. The molecule has 0 aliphatic heterocycles. The predicted molar refractivity (Wildman–Crippen MR) is 65.5 cm³/mol. The van der Waals surface area contributed by atoms with Gasteiger partial charge in [-0.15, -0.1) is 0 Å². The van der Waals surface area contributed by atoms with E-state index in [1.165, 1.54) is 12.1 Å². The lowest BCUT2D eigenvalue weighted by Gasteiger charge is -2.22. The van der Waals surface area contributed by atoms with Crippen LogP contribution in [0.25, 0.3) is 0 Å². The van der Waals surface area contributed by atoms with E-state index in [2.05, 4.69) is 57.7 Å². The van der Waals surface area contributed by atoms with Crippen LogP contribution in [-0.2, 0) is 0 Å². The molecule has 0 fully saturated rings. The summed E-state index contributed by atoms with van der Waals surface area (Å²) in [7, 11) is 0. The highest BCUT2D eigenvalue weighted by Crippen LogP contribution is 2.04. The fourth-order valence-electron chi connectivity index (χ4n) is 1.53. The third kappa shape index (κ3) is 5.98. The first-order chi connectivity index (χ1) is 6.63. The molecule has 0 heterocycles. The molecule has 0 amide bonds. The van der Waals surface area contributed by atoms with Gasteiger partial charge in [-0.05, 0) is 31.9 Å². The minimum absolute atomic E-state index is 0.749. The molecule has 0 unspecified atom stereocenters. The Hall–Kier alpha value is -0.560. The summed E-state index contributed by atoms with van der Waals surface area (Å²) in [6.07, 6.45) is 6.50. The average molecular weight is 195 g/mol. The Bertz CT molecular complexity index is 189. The van der Waals surface area contributed by atoms with Gasteiger partial charge >= 0.3 is 0 Å². The maximum Gasteiger partial charge on any atom is 0.0230 e. The lowest BCUT2D eigenvalue weighted by atomic mass is 10.1. The fraction of sp³-hybridized carbons (Fsp3) is 0.692. The number of nitrogens with zero attached hydrogens (tertiary/aromatic N) is 1. The Kier molecular flexibility index (Phi) is 7.50. The molecule has 0 saturated heterocycles. The average Bonchev–Trinajstić information content (AvgIpc) is 2.15. The zero-order valence-electron chi connectivity index (χ0n) is 10.4. The molecular formula is C13H25N. The van der Waals surface area contributed by atoms with E-state index in [-0.39, 0.29) is 0 Å². The molecule has 0 bridgehead atoms. The topological polar surface area (TPSA) is 3.24 Å². The van der Waals surface area contributed by atoms with E-state index >= 15 is 0 Å². The van der Waals surface area contributed by atoms with Gasteiger partial charge in [-0.3, -0.25) is 4.90 Å². The molecular weight excluding hydrogens is 170 g/mol. The van der Waals surface area contributed by atoms with E-state index in [1.807, 2.05) is 0 Å². The molecule has 0 atom stereocenters. The summed E-state index contributed by atoms with van der Waals surface area (Å²) >= 11 is 0. The molecule has 0 aromatic heterocycles. The van der Waals surface area contributed by atoms with Crippen molar-refractivity contribution in [3.63, 3.8) is 0 Å². The number of likely N-dealkylation sites (N-methyl/N-ethyl adjacent to an activating group) is 1. The zero-order valence-corrected chi connectivity index (χ0v) is 10.4. The molecule has 0 rings (SSSR count). The van der Waals surface area contributed by atoms with Gasteiger partial charge in [0.15, 0.2) is 0 Å². The Labute approximate surface area is 89.5 Å². The predicted octanol–water partition coefficient (Wildman–Crippen LogP) is 3.49. The highest BCUT2D eigenvalue weighted by atomic mass is 15.1. The van der Waals surface area contributed by atoms with Gasteiger partial charge in [0, 0.05) is 13.1 Å². The second-order valence-electron chi connectivity index (χ2n) is 4.09. The Balaban J connectivity index is 4.15. The largest absolute Gasteiger partial charge is 0.299 e. The minimum Gasteiger partial charge on any atom is -0.299 e. The number of allylic oxidation sites excluding steroid dienone is 2. The molecule has 0 radical (unpaired) electrons. The van der Waals surface area contributed by atoms with Crippen molar-refractivity contribution in [1.29, 1.82) is 0 Å². The summed E-state index contributed by atoms with van der Waals surface area (Å²) in [5.41, 5.74) is 1.41. The second kappa shape index (κ2) is 7.81. The lowest BCUT2D eigenvalue weighted by molar-refractivity contribution is 0.278. The van der Waals surface area contributed by atoms with Crippen molar-refractivity contribution in [2.75, 3.05) is 19.6 Å². The number of hydrogen-bond acceptors (Lipinski definition) is 1. The molecule has 0 aliphatic rings. The third-order valence-electron chi connectivity index (χ3n) is 2.23. The quantitative estimate of drug-likeness (QED) is 0.586. The molecule has 0 aliphatic carbocycles. The van der Waals surface area contributed by atoms with Crippen molar-refractivity contribution < 1.29 is 0 Å². The van der Waals surface area contributed by atoms with Crippen LogP contribution in [0.2, 0.25) is 0 Å². The molecule has 0 aromatic carbocycles. The van der Waals surface area contributed by atoms with Crippen molar-refractivity contribution in [2.45, 2.75) is 34.6 Å². The van der Waals surface area contributed by atoms with Gasteiger partial charge in [-0.1, -0.05) is 39.0 Å². The Morgan fingerprint density at radius 2 is 1.93 bits per heavy atom. The maximum atomic E-state index is 2.49. The molecule has 1 heteroatoms. The molecule has 0 aromatic rings. The van der Waals surface area contributed by atoms with E-state index in [9.17, 15) is 0 Å². The summed E-state index contributed by atoms with van der Waals surface area (Å²) in [4.78, 5) is 2.49. The van der Waals surface area contributed by atoms with E-state index in [0.29, 0.717) is 0 Å². The second-order valence-corrected chi connectivity index (χ2v) is 4.09. The first-order valence-corrected chi connectivity index (χ1v) is 5.64. The van der Waals surface area contributed by atoms with Crippen LogP contribution in [0.1, 0.15) is 34.6 Å². The summed E-state index contributed by atoms with van der Waals surface area (Å²) in [5.74, 6) is 0.749.